The van der Waals surface area contributed by atoms with E-state index in [9.17, 15) is 4.79 Å². The molecule has 0 bridgehead atoms. The minimum absolute atomic E-state index is 0.173. The fourth-order valence-corrected chi connectivity index (χ4v) is 4.96. The van der Waals surface area contributed by atoms with Crippen LogP contribution in [0.5, 0.6) is 11.5 Å². The summed E-state index contributed by atoms with van der Waals surface area (Å²) in [6.07, 6.45) is 3.58. The van der Waals surface area contributed by atoms with E-state index in [4.69, 9.17) is 14.5 Å². The van der Waals surface area contributed by atoms with Crippen LogP contribution >= 0.6 is 11.3 Å². The summed E-state index contributed by atoms with van der Waals surface area (Å²) in [5.74, 6) is 2.74. The number of rotatable bonds is 5. The number of ether oxygens (including phenoxy) is 2. The molecule has 0 spiro atoms. The van der Waals surface area contributed by atoms with Gasteiger partial charge in [-0.25, -0.2) is 9.97 Å². The van der Waals surface area contributed by atoms with Gasteiger partial charge in [-0.3, -0.25) is 4.79 Å². The second kappa shape index (κ2) is 8.47. The molecule has 158 valence electrons. The highest BCUT2D eigenvalue weighted by molar-refractivity contribution is 7.20. The quantitative estimate of drug-likeness (QED) is 0.644. The molecule has 0 unspecified atom stereocenters. The molecule has 1 saturated heterocycles. The molecule has 0 radical (unpaired) electrons. The first kappa shape index (κ1) is 20.4. The lowest BCUT2D eigenvalue weighted by atomic mass is 10.1. The number of hydrogen-bond donors (Lipinski definition) is 1. The summed E-state index contributed by atoms with van der Waals surface area (Å²) in [5, 5.41) is 3.96. The van der Waals surface area contributed by atoms with E-state index in [0.29, 0.717) is 22.1 Å². The molecule has 3 aromatic rings. The number of methoxy groups -OCH3 is 2. The van der Waals surface area contributed by atoms with Gasteiger partial charge in [-0.1, -0.05) is 0 Å². The highest BCUT2D eigenvalue weighted by Crippen LogP contribution is 2.37. The predicted molar refractivity (Wildman–Crippen MR) is 120 cm³/mol. The first-order chi connectivity index (χ1) is 14.5. The van der Waals surface area contributed by atoms with Gasteiger partial charge in [0.1, 0.15) is 28.0 Å². The van der Waals surface area contributed by atoms with Crippen LogP contribution in [0.3, 0.4) is 0 Å². The highest BCUT2D eigenvalue weighted by Gasteiger charge is 2.24. The maximum Gasteiger partial charge on any atom is 0.266 e. The molecule has 1 aliphatic heterocycles. The number of fused-ring (bicyclic) bond motifs is 1. The summed E-state index contributed by atoms with van der Waals surface area (Å²) in [5.41, 5.74) is 1.54. The van der Waals surface area contributed by atoms with Crippen LogP contribution in [0.15, 0.2) is 18.2 Å². The van der Waals surface area contributed by atoms with E-state index in [1.165, 1.54) is 30.6 Å². The third-order valence-electron chi connectivity index (χ3n) is 5.35. The summed E-state index contributed by atoms with van der Waals surface area (Å²) in [7, 11) is 3.17. The Kier molecular flexibility index (Phi) is 5.76. The Morgan fingerprint density at radius 1 is 1.03 bits per heavy atom. The molecule has 8 heteroatoms. The van der Waals surface area contributed by atoms with Crippen LogP contribution in [0.4, 0.5) is 11.5 Å². The third kappa shape index (κ3) is 3.92. The van der Waals surface area contributed by atoms with Crippen LogP contribution in [-0.4, -0.2) is 43.2 Å². The number of piperidine rings is 1. The Labute approximate surface area is 180 Å². The van der Waals surface area contributed by atoms with Crippen molar-refractivity contribution in [1.82, 2.24) is 9.97 Å². The van der Waals surface area contributed by atoms with Crippen molar-refractivity contribution in [1.29, 1.82) is 0 Å². The maximum absolute atomic E-state index is 13.1. The van der Waals surface area contributed by atoms with Crippen molar-refractivity contribution in [3.63, 3.8) is 0 Å². The van der Waals surface area contributed by atoms with Gasteiger partial charge in [0.25, 0.3) is 5.91 Å². The summed E-state index contributed by atoms with van der Waals surface area (Å²) in [4.78, 5) is 26.3. The smallest absolute Gasteiger partial charge is 0.266 e. The van der Waals surface area contributed by atoms with Crippen LogP contribution in [0, 0.1) is 13.8 Å². The molecule has 7 nitrogen and oxygen atoms in total. The zero-order valence-electron chi connectivity index (χ0n) is 17.7. The molecule has 1 N–H and O–H groups in total. The number of carbonyl (C=O) groups excluding carboxylic acids is 1. The second-order valence-electron chi connectivity index (χ2n) is 7.43. The van der Waals surface area contributed by atoms with Crippen molar-refractivity contribution in [2.75, 3.05) is 37.5 Å². The molecule has 3 heterocycles. The van der Waals surface area contributed by atoms with Crippen LogP contribution < -0.4 is 19.7 Å². The van der Waals surface area contributed by atoms with Gasteiger partial charge in [0, 0.05) is 37.0 Å². The van der Waals surface area contributed by atoms with Crippen LogP contribution in [-0.2, 0) is 0 Å². The largest absolute Gasteiger partial charge is 0.497 e. The number of thiophene rings is 1. The van der Waals surface area contributed by atoms with Crippen molar-refractivity contribution < 1.29 is 14.3 Å². The highest BCUT2D eigenvalue weighted by atomic mass is 32.1. The first-order valence-corrected chi connectivity index (χ1v) is 10.9. The Morgan fingerprint density at radius 3 is 2.33 bits per heavy atom. The molecule has 4 rings (SSSR count). The van der Waals surface area contributed by atoms with Gasteiger partial charge in [-0.2, -0.15) is 0 Å². The fourth-order valence-electron chi connectivity index (χ4n) is 3.84. The molecular weight excluding hydrogens is 400 g/mol. The Hall–Kier alpha value is -2.87. The molecule has 2 aromatic heterocycles. The van der Waals surface area contributed by atoms with E-state index in [2.05, 4.69) is 15.2 Å². The number of nitrogens with zero attached hydrogens (tertiary/aromatic N) is 3. The first-order valence-electron chi connectivity index (χ1n) is 10.1. The zero-order valence-corrected chi connectivity index (χ0v) is 18.6. The lowest BCUT2D eigenvalue weighted by molar-refractivity contribution is 0.103. The van der Waals surface area contributed by atoms with Crippen LogP contribution in [0.2, 0.25) is 0 Å². The normalized spacial score (nSPS) is 14.1. The number of benzene rings is 1. The van der Waals surface area contributed by atoms with Crippen molar-refractivity contribution in [3.8, 4) is 11.5 Å². The minimum Gasteiger partial charge on any atom is -0.497 e. The van der Waals surface area contributed by atoms with Gasteiger partial charge in [-0.15, -0.1) is 11.3 Å². The number of nitrogens with one attached hydrogen (secondary N) is 1. The second-order valence-corrected chi connectivity index (χ2v) is 8.43. The molecular formula is C22H26N4O3S. The van der Waals surface area contributed by atoms with Gasteiger partial charge in [0.05, 0.1) is 24.5 Å². The van der Waals surface area contributed by atoms with Crippen molar-refractivity contribution in [2.45, 2.75) is 33.1 Å². The average Bonchev–Trinajstić information content (AvgIpc) is 3.09. The number of hydrogen-bond acceptors (Lipinski definition) is 7. The summed E-state index contributed by atoms with van der Waals surface area (Å²) in [6.45, 7) is 5.87. The number of carbonyl (C=O) groups is 1. The van der Waals surface area contributed by atoms with Crippen molar-refractivity contribution >= 4 is 39.0 Å². The maximum atomic E-state index is 13.1. The van der Waals surface area contributed by atoms with E-state index >= 15 is 0 Å². The van der Waals surface area contributed by atoms with Crippen molar-refractivity contribution in [2.24, 2.45) is 0 Å². The van der Waals surface area contributed by atoms with Crippen LogP contribution in [0.1, 0.15) is 40.3 Å². The molecule has 1 fully saturated rings. The van der Waals surface area contributed by atoms with E-state index in [1.807, 2.05) is 13.8 Å². The molecule has 0 atom stereocenters. The van der Waals surface area contributed by atoms with Gasteiger partial charge in [-0.05, 0) is 38.7 Å². The molecule has 0 aliphatic carbocycles. The monoisotopic (exact) mass is 426 g/mol. The lowest BCUT2D eigenvalue weighted by Crippen LogP contribution is -2.30. The van der Waals surface area contributed by atoms with Crippen LogP contribution in [0.25, 0.3) is 10.2 Å². The summed E-state index contributed by atoms with van der Waals surface area (Å²) >= 11 is 1.41. The zero-order chi connectivity index (χ0) is 21.3. The molecule has 1 amide bonds. The average molecular weight is 427 g/mol. The number of amides is 1. The van der Waals surface area contributed by atoms with E-state index in [0.717, 1.165) is 40.5 Å². The predicted octanol–water partition coefficient (Wildman–Crippen LogP) is 4.57. The lowest BCUT2D eigenvalue weighted by Gasteiger charge is -2.28. The number of aryl methyl sites for hydroxylation is 2. The van der Waals surface area contributed by atoms with E-state index < -0.39 is 0 Å². The number of anilines is 2. The van der Waals surface area contributed by atoms with Gasteiger partial charge < -0.3 is 19.7 Å². The van der Waals surface area contributed by atoms with E-state index in [-0.39, 0.29) is 5.91 Å². The SMILES string of the molecule is COc1cc(NC(=O)c2sc3nc(C)nc(N4CCCCC4)c3c2C)cc(OC)c1. The van der Waals surface area contributed by atoms with Gasteiger partial charge >= 0.3 is 0 Å². The Bertz CT molecular complexity index is 1070. The summed E-state index contributed by atoms with van der Waals surface area (Å²) < 4.78 is 10.6. The third-order valence-corrected chi connectivity index (χ3v) is 6.54. The minimum atomic E-state index is -0.173. The van der Waals surface area contributed by atoms with Gasteiger partial charge in [0.15, 0.2) is 0 Å². The number of aromatic nitrogens is 2. The fraction of sp³-hybridized carbons (Fsp3) is 0.409. The molecule has 0 saturated carbocycles. The topological polar surface area (TPSA) is 76.6 Å². The van der Waals surface area contributed by atoms with E-state index in [1.54, 1.807) is 32.4 Å². The molecule has 1 aromatic carbocycles. The standard InChI is InChI=1S/C22H26N4O3S/c1-13-18-20(26-8-6-5-7-9-26)23-14(2)24-22(18)30-19(13)21(27)25-15-10-16(28-3)12-17(11-15)29-4/h10-12H,5-9H2,1-4H3,(H,25,27). The molecule has 1 aliphatic rings. The Balaban J connectivity index is 1.71. The van der Waals surface area contributed by atoms with Gasteiger partial charge in [0.2, 0.25) is 0 Å². The van der Waals surface area contributed by atoms with Crippen molar-refractivity contribution in [3.05, 3.63) is 34.5 Å². The summed E-state index contributed by atoms with van der Waals surface area (Å²) in [6, 6.07) is 5.31. The molecule has 30 heavy (non-hydrogen) atoms. The Morgan fingerprint density at radius 2 is 1.70 bits per heavy atom.